The van der Waals surface area contributed by atoms with Gasteiger partial charge in [-0.2, -0.15) is 0 Å². The van der Waals surface area contributed by atoms with Gasteiger partial charge in [0.1, 0.15) is 5.82 Å². The summed E-state index contributed by atoms with van der Waals surface area (Å²) in [5.41, 5.74) is 1.02. The van der Waals surface area contributed by atoms with Crippen LogP contribution >= 0.6 is 0 Å². The van der Waals surface area contributed by atoms with Gasteiger partial charge in [0.2, 0.25) is 0 Å². The fraction of sp³-hybridized carbons (Fsp3) is 0.333. The van der Waals surface area contributed by atoms with E-state index in [1.165, 1.54) is 12.1 Å². The Kier molecular flexibility index (Phi) is 3.70. The second-order valence-electron chi connectivity index (χ2n) is 2.53. The van der Waals surface area contributed by atoms with Gasteiger partial charge in [-0.05, 0) is 17.7 Å². The van der Waals surface area contributed by atoms with E-state index in [0.717, 1.165) is 5.56 Å². The third-order valence-electron chi connectivity index (χ3n) is 1.53. The van der Waals surface area contributed by atoms with Crippen molar-refractivity contribution in [1.82, 2.24) is 5.32 Å². The molecule has 0 radical (unpaired) electrons. The van der Waals surface area contributed by atoms with E-state index in [9.17, 15) is 4.39 Å². The Hall–Kier alpha value is -0.930. The van der Waals surface area contributed by atoms with E-state index in [0.29, 0.717) is 13.1 Å². The predicted molar refractivity (Wildman–Crippen MR) is 45.2 cm³/mol. The van der Waals surface area contributed by atoms with Crippen molar-refractivity contribution in [1.29, 1.82) is 0 Å². The van der Waals surface area contributed by atoms with Gasteiger partial charge >= 0.3 is 0 Å². The van der Waals surface area contributed by atoms with Gasteiger partial charge in [0, 0.05) is 13.1 Å². The highest BCUT2D eigenvalue weighted by Crippen LogP contribution is 2.01. The normalized spacial score (nSPS) is 10.2. The molecule has 0 bridgehead atoms. The average Bonchev–Trinajstić information content (AvgIpc) is 2.09. The summed E-state index contributed by atoms with van der Waals surface area (Å²) in [6, 6.07) is 6.30. The third-order valence-corrected chi connectivity index (χ3v) is 1.53. The monoisotopic (exact) mass is 169 g/mol. The molecule has 1 aromatic rings. The van der Waals surface area contributed by atoms with Crippen LogP contribution in [-0.4, -0.2) is 18.3 Å². The molecule has 0 spiro atoms. The predicted octanol–water partition coefficient (Wildman–Crippen LogP) is 0.908. The Morgan fingerprint density at radius 3 is 2.50 bits per heavy atom. The topological polar surface area (TPSA) is 32.3 Å². The van der Waals surface area contributed by atoms with Gasteiger partial charge in [-0.25, -0.2) is 4.39 Å². The molecule has 0 aromatic heterocycles. The maximum absolute atomic E-state index is 12.4. The van der Waals surface area contributed by atoms with Crippen LogP contribution in [0.3, 0.4) is 0 Å². The molecule has 1 rings (SSSR count). The number of aliphatic hydroxyl groups excluding tert-OH is 1. The van der Waals surface area contributed by atoms with Crippen LogP contribution in [0.25, 0.3) is 0 Å². The summed E-state index contributed by atoms with van der Waals surface area (Å²) >= 11 is 0. The van der Waals surface area contributed by atoms with E-state index >= 15 is 0 Å². The summed E-state index contributed by atoms with van der Waals surface area (Å²) in [5.74, 6) is -0.221. The molecule has 66 valence electrons. The van der Waals surface area contributed by atoms with E-state index in [2.05, 4.69) is 5.32 Å². The highest BCUT2D eigenvalue weighted by Gasteiger charge is 1.92. The zero-order valence-corrected chi connectivity index (χ0v) is 6.76. The zero-order valence-electron chi connectivity index (χ0n) is 6.76. The van der Waals surface area contributed by atoms with E-state index < -0.39 is 0 Å². The fourth-order valence-electron chi connectivity index (χ4n) is 0.914. The minimum Gasteiger partial charge on any atom is -0.395 e. The first-order valence-corrected chi connectivity index (χ1v) is 3.89. The van der Waals surface area contributed by atoms with E-state index in [1.54, 1.807) is 12.1 Å². The van der Waals surface area contributed by atoms with Gasteiger partial charge in [0.05, 0.1) is 6.61 Å². The van der Waals surface area contributed by atoms with Gasteiger partial charge in [-0.15, -0.1) is 0 Å². The molecule has 2 N–H and O–H groups in total. The largest absolute Gasteiger partial charge is 0.395 e. The number of rotatable bonds is 4. The van der Waals surface area contributed by atoms with Gasteiger partial charge in [-0.3, -0.25) is 0 Å². The highest BCUT2D eigenvalue weighted by atomic mass is 19.1. The smallest absolute Gasteiger partial charge is 0.123 e. The number of halogens is 1. The molecule has 0 fully saturated rings. The maximum atomic E-state index is 12.4. The van der Waals surface area contributed by atoms with Gasteiger partial charge in [0.25, 0.3) is 0 Å². The SMILES string of the molecule is OCCNCc1ccc(F)cc1. The number of hydrogen-bond donors (Lipinski definition) is 2. The Labute approximate surface area is 71.0 Å². The average molecular weight is 169 g/mol. The highest BCUT2D eigenvalue weighted by molar-refractivity contribution is 5.15. The summed E-state index contributed by atoms with van der Waals surface area (Å²) in [4.78, 5) is 0. The lowest BCUT2D eigenvalue weighted by Gasteiger charge is -2.01. The molecule has 0 aliphatic carbocycles. The summed E-state index contributed by atoms with van der Waals surface area (Å²) in [5, 5.41) is 11.5. The molecule has 0 heterocycles. The molecular formula is C9H12FNO. The summed E-state index contributed by atoms with van der Waals surface area (Å²) in [7, 11) is 0. The van der Waals surface area contributed by atoms with Crippen molar-refractivity contribution < 1.29 is 9.50 Å². The lowest BCUT2D eigenvalue weighted by Crippen LogP contribution is -2.17. The first-order chi connectivity index (χ1) is 5.83. The first-order valence-electron chi connectivity index (χ1n) is 3.89. The molecule has 0 unspecified atom stereocenters. The third kappa shape index (κ3) is 2.98. The summed E-state index contributed by atoms with van der Waals surface area (Å²) in [6.45, 7) is 1.36. The lowest BCUT2D eigenvalue weighted by atomic mass is 10.2. The molecule has 0 saturated carbocycles. The van der Waals surface area contributed by atoms with E-state index in [1.807, 2.05) is 0 Å². The number of nitrogens with one attached hydrogen (secondary N) is 1. The Morgan fingerprint density at radius 1 is 1.25 bits per heavy atom. The van der Waals surface area contributed by atoms with Crippen molar-refractivity contribution in [2.45, 2.75) is 6.54 Å². The number of benzene rings is 1. The van der Waals surface area contributed by atoms with Crippen molar-refractivity contribution in [3.05, 3.63) is 35.6 Å². The molecular weight excluding hydrogens is 157 g/mol. The molecule has 0 saturated heterocycles. The van der Waals surface area contributed by atoms with E-state index in [-0.39, 0.29) is 12.4 Å². The van der Waals surface area contributed by atoms with Gasteiger partial charge < -0.3 is 10.4 Å². The van der Waals surface area contributed by atoms with Crippen LogP contribution < -0.4 is 5.32 Å². The maximum Gasteiger partial charge on any atom is 0.123 e. The minimum atomic E-state index is -0.221. The molecule has 2 nitrogen and oxygen atoms in total. The summed E-state index contributed by atoms with van der Waals surface area (Å²) in [6.07, 6.45) is 0. The van der Waals surface area contributed by atoms with Crippen LogP contribution in [0, 0.1) is 5.82 Å². The van der Waals surface area contributed by atoms with Crippen molar-refractivity contribution in [3.8, 4) is 0 Å². The number of aliphatic hydroxyl groups is 1. The van der Waals surface area contributed by atoms with Crippen LogP contribution in [-0.2, 0) is 6.54 Å². The fourth-order valence-corrected chi connectivity index (χ4v) is 0.914. The minimum absolute atomic E-state index is 0.126. The summed E-state index contributed by atoms with van der Waals surface area (Å²) < 4.78 is 12.4. The Bertz CT molecular complexity index is 222. The van der Waals surface area contributed by atoms with Crippen LogP contribution in [0.4, 0.5) is 4.39 Å². The standard InChI is InChI=1S/C9H12FNO/c10-9-3-1-8(2-4-9)7-11-5-6-12/h1-4,11-12H,5-7H2. The molecule has 0 atom stereocenters. The lowest BCUT2D eigenvalue weighted by molar-refractivity contribution is 0.292. The van der Waals surface area contributed by atoms with Crippen molar-refractivity contribution in [2.24, 2.45) is 0 Å². The Morgan fingerprint density at radius 2 is 1.92 bits per heavy atom. The molecule has 1 aromatic carbocycles. The van der Waals surface area contributed by atoms with Gasteiger partial charge in [0.15, 0.2) is 0 Å². The quantitative estimate of drug-likeness (QED) is 0.656. The van der Waals surface area contributed by atoms with Crippen molar-refractivity contribution in [3.63, 3.8) is 0 Å². The van der Waals surface area contributed by atoms with E-state index in [4.69, 9.17) is 5.11 Å². The molecule has 0 amide bonds. The molecule has 0 aliphatic heterocycles. The van der Waals surface area contributed by atoms with Crippen LogP contribution in [0.5, 0.6) is 0 Å². The van der Waals surface area contributed by atoms with Gasteiger partial charge in [-0.1, -0.05) is 12.1 Å². The first kappa shape index (κ1) is 9.16. The molecule has 0 aliphatic rings. The zero-order chi connectivity index (χ0) is 8.81. The van der Waals surface area contributed by atoms with Crippen LogP contribution in [0.2, 0.25) is 0 Å². The van der Waals surface area contributed by atoms with Crippen LogP contribution in [0.1, 0.15) is 5.56 Å². The second kappa shape index (κ2) is 4.85. The van der Waals surface area contributed by atoms with Crippen molar-refractivity contribution >= 4 is 0 Å². The molecule has 12 heavy (non-hydrogen) atoms. The second-order valence-corrected chi connectivity index (χ2v) is 2.53. The number of hydrogen-bond acceptors (Lipinski definition) is 2. The van der Waals surface area contributed by atoms with Crippen LogP contribution in [0.15, 0.2) is 24.3 Å². The molecule has 3 heteroatoms. The van der Waals surface area contributed by atoms with Crippen molar-refractivity contribution in [2.75, 3.05) is 13.2 Å². The Balaban J connectivity index is 2.37.